The van der Waals surface area contributed by atoms with Crippen LogP contribution in [-0.4, -0.2) is 43.6 Å². The molecule has 0 spiro atoms. The van der Waals surface area contributed by atoms with Crippen molar-refractivity contribution in [2.75, 3.05) is 6.26 Å². The van der Waals surface area contributed by atoms with Crippen molar-refractivity contribution in [2.45, 2.75) is 37.2 Å². The minimum absolute atomic E-state index is 0.0367. The summed E-state index contributed by atoms with van der Waals surface area (Å²) in [7, 11) is -3.41. The largest absolute Gasteiger partial charge is 0.480 e. The van der Waals surface area contributed by atoms with Crippen LogP contribution in [0.1, 0.15) is 44.0 Å². The van der Waals surface area contributed by atoms with E-state index in [1.807, 2.05) is 0 Å². The van der Waals surface area contributed by atoms with Crippen LogP contribution in [0, 0.1) is 6.92 Å². The Labute approximate surface area is 236 Å². The van der Waals surface area contributed by atoms with Crippen LogP contribution in [0.25, 0.3) is 10.8 Å². The fourth-order valence-electron chi connectivity index (χ4n) is 4.38. The maximum atomic E-state index is 13.2. The van der Waals surface area contributed by atoms with E-state index in [-0.39, 0.29) is 40.8 Å². The molecule has 3 N–H and O–H groups in total. The highest BCUT2D eigenvalue weighted by Gasteiger charge is 2.24. The normalized spacial score (nSPS) is 12.2. The minimum Gasteiger partial charge on any atom is -0.480 e. The van der Waals surface area contributed by atoms with Gasteiger partial charge in [0.05, 0.1) is 28.3 Å². The molecule has 0 aliphatic heterocycles. The number of aryl methyl sites for hydroxylation is 2. The molecule has 0 saturated carbocycles. The van der Waals surface area contributed by atoms with Gasteiger partial charge in [0.1, 0.15) is 11.8 Å². The quantitative estimate of drug-likeness (QED) is 0.249. The zero-order chi connectivity index (χ0) is 29.0. The first-order valence-electron chi connectivity index (χ1n) is 12.3. The van der Waals surface area contributed by atoms with Gasteiger partial charge in [0.15, 0.2) is 9.84 Å². The van der Waals surface area contributed by atoms with E-state index >= 15 is 0 Å². The third kappa shape index (κ3) is 6.70. The third-order valence-corrected chi connectivity index (χ3v) is 7.90. The first kappa shape index (κ1) is 28.8. The van der Waals surface area contributed by atoms with E-state index in [0.717, 1.165) is 6.26 Å². The van der Waals surface area contributed by atoms with Crippen molar-refractivity contribution < 1.29 is 32.3 Å². The Morgan fingerprint density at radius 3 is 2.48 bits per heavy atom. The molecule has 2 amide bonds. The van der Waals surface area contributed by atoms with Crippen LogP contribution in [0.15, 0.2) is 76.2 Å². The van der Waals surface area contributed by atoms with E-state index in [1.54, 1.807) is 55.5 Å². The molecule has 9 nitrogen and oxygen atoms in total. The zero-order valence-electron chi connectivity index (χ0n) is 21.7. The van der Waals surface area contributed by atoms with E-state index in [0.29, 0.717) is 33.2 Å². The third-order valence-electron chi connectivity index (χ3n) is 6.50. The van der Waals surface area contributed by atoms with E-state index in [1.165, 1.54) is 18.4 Å². The first-order chi connectivity index (χ1) is 18.9. The number of amides is 2. The second kappa shape index (κ2) is 11.9. The predicted molar refractivity (Wildman–Crippen MR) is 150 cm³/mol. The number of halogens is 1. The van der Waals surface area contributed by atoms with Crippen LogP contribution in [0.5, 0.6) is 0 Å². The average molecular weight is 583 g/mol. The number of rotatable bonds is 10. The Balaban J connectivity index is 1.50. The molecule has 0 fully saturated rings. The van der Waals surface area contributed by atoms with Gasteiger partial charge in [-0.25, -0.2) is 13.2 Å². The molecule has 4 rings (SSSR count). The predicted octanol–water partition coefficient (Wildman–Crippen LogP) is 4.54. The van der Waals surface area contributed by atoms with E-state index in [2.05, 4.69) is 10.6 Å². The van der Waals surface area contributed by atoms with Gasteiger partial charge in [0, 0.05) is 11.8 Å². The molecule has 0 aliphatic rings. The van der Waals surface area contributed by atoms with Crippen LogP contribution in [-0.2, 0) is 27.6 Å². The number of hydrogen-bond donors (Lipinski definition) is 3. The molecule has 11 heteroatoms. The molecule has 0 unspecified atom stereocenters. The Bertz CT molecular complexity index is 1700. The average Bonchev–Trinajstić information content (AvgIpc) is 3.42. The fraction of sp³-hybridized carbons (Fsp3) is 0.207. The molecular formula is C29H27ClN2O7S. The van der Waals surface area contributed by atoms with Crippen LogP contribution in [0.4, 0.5) is 0 Å². The topological polar surface area (TPSA) is 143 Å². The number of furan rings is 1. The summed E-state index contributed by atoms with van der Waals surface area (Å²) in [5.41, 5.74) is 1.70. The molecule has 1 heterocycles. The fourth-order valence-corrected chi connectivity index (χ4v) is 5.42. The van der Waals surface area contributed by atoms with Crippen LogP contribution in [0.2, 0.25) is 5.02 Å². The maximum absolute atomic E-state index is 13.2. The zero-order valence-corrected chi connectivity index (χ0v) is 23.3. The summed E-state index contributed by atoms with van der Waals surface area (Å²) in [6, 6.07) is 15.1. The number of sulfone groups is 1. The molecular weight excluding hydrogens is 556 g/mol. The van der Waals surface area contributed by atoms with Crippen LogP contribution < -0.4 is 10.6 Å². The lowest BCUT2D eigenvalue weighted by Crippen LogP contribution is -2.41. The lowest BCUT2D eigenvalue weighted by molar-refractivity contribution is -0.139. The second-order valence-electron chi connectivity index (χ2n) is 9.38. The number of aliphatic carboxylic acids is 1. The van der Waals surface area contributed by atoms with Crippen LogP contribution >= 0.6 is 11.6 Å². The summed E-state index contributed by atoms with van der Waals surface area (Å²) in [5, 5.41) is 16.5. The Morgan fingerprint density at radius 2 is 1.80 bits per heavy atom. The first-order valence-corrected chi connectivity index (χ1v) is 14.6. The second-order valence-corrected chi connectivity index (χ2v) is 11.8. The lowest BCUT2D eigenvalue weighted by Gasteiger charge is -2.18. The van der Waals surface area contributed by atoms with Gasteiger partial charge >= 0.3 is 5.97 Å². The van der Waals surface area contributed by atoms with Crippen molar-refractivity contribution in [2.24, 2.45) is 0 Å². The van der Waals surface area contributed by atoms with Crippen molar-refractivity contribution in [1.82, 2.24) is 10.6 Å². The summed E-state index contributed by atoms with van der Waals surface area (Å²) in [6.45, 7) is 1.93. The molecule has 0 saturated heterocycles. The van der Waals surface area contributed by atoms with Crippen molar-refractivity contribution in [3.05, 3.63) is 100.0 Å². The van der Waals surface area contributed by atoms with Crippen molar-refractivity contribution in [1.29, 1.82) is 0 Å². The molecule has 4 aromatic rings. The van der Waals surface area contributed by atoms with E-state index < -0.39 is 27.8 Å². The molecule has 0 radical (unpaired) electrons. The van der Waals surface area contributed by atoms with Gasteiger partial charge < -0.3 is 20.2 Å². The number of carbonyl (C=O) groups excluding carboxylic acids is 2. The molecule has 1 atom stereocenters. The van der Waals surface area contributed by atoms with Gasteiger partial charge in [0.2, 0.25) is 0 Å². The number of benzene rings is 3. The summed E-state index contributed by atoms with van der Waals surface area (Å²) < 4.78 is 28.9. The smallest absolute Gasteiger partial charge is 0.326 e. The molecule has 3 aromatic carbocycles. The highest BCUT2D eigenvalue weighted by atomic mass is 35.5. The number of carboxylic acids is 1. The summed E-state index contributed by atoms with van der Waals surface area (Å²) in [5.74, 6) is -1.57. The number of hydrogen-bond acceptors (Lipinski definition) is 6. The van der Waals surface area contributed by atoms with Crippen molar-refractivity contribution in [3.8, 4) is 0 Å². The summed E-state index contributed by atoms with van der Waals surface area (Å²) in [6.07, 6.45) is 2.89. The van der Waals surface area contributed by atoms with Gasteiger partial charge in [-0.05, 0) is 84.1 Å². The highest BCUT2D eigenvalue weighted by Crippen LogP contribution is 2.30. The van der Waals surface area contributed by atoms with E-state index in [4.69, 9.17) is 16.0 Å². The maximum Gasteiger partial charge on any atom is 0.326 e. The van der Waals surface area contributed by atoms with Crippen LogP contribution in [0.3, 0.4) is 0 Å². The number of carboxylic acid groups (broad SMARTS) is 1. The summed E-state index contributed by atoms with van der Waals surface area (Å²) >= 11 is 6.48. The Hall–Kier alpha value is -4.15. The van der Waals surface area contributed by atoms with Gasteiger partial charge in [-0.3, -0.25) is 9.59 Å². The van der Waals surface area contributed by atoms with Gasteiger partial charge in [-0.1, -0.05) is 29.8 Å². The van der Waals surface area contributed by atoms with Gasteiger partial charge in [-0.2, -0.15) is 0 Å². The Kier molecular flexibility index (Phi) is 8.61. The Morgan fingerprint density at radius 1 is 1.02 bits per heavy atom. The monoisotopic (exact) mass is 582 g/mol. The minimum atomic E-state index is -3.41. The lowest BCUT2D eigenvalue weighted by atomic mass is 9.97. The molecule has 0 bridgehead atoms. The van der Waals surface area contributed by atoms with Crippen molar-refractivity contribution in [3.63, 3.8) is 0 Å². The van der Waals surface area contributed by atoms with E-state index in [9.17, 15) is 27.9 Å². The van der Waals surface area contributed by atoms with Gasteiger partial charge in [-0.15, -0.1) is 0 Å². The standard InChI is InChI=1S/C29H27ClN2O7S/c1-17-23-10-9-19(27(33)31-16-21-6-4-12-39-21)14-20(23)15-24(30)26(17)28(34)32-25(29(35)36)11-8-18-5-3-7-22(13-18)40(2,37)38/h3-7,9-10,12-15,25H,8,11,16H2,1-2H3,(H,31,33)(H,32,34)(H,35,36)/t25-/m0/s1. The summed E-state index contributed by atoms with van der Waals surface area (Å²) in [4.78, 5) is 37.9. The SMILES string of the molecule is Cc1c(C(=O)N[C@@H](CCc2cccc(S(C)(=O)=O)c2)C(=O)O)c(Cl)cc2cc(C(=O)NCc3ccco3)ccc12. The van der Waals surface area contributed by atoms with Gasteiger partial charge in [0.25, 0.3) is 11.8 Å². The number of fused-ring (bicyclic) bond motifs is 1. The molecule has 208 valence electrons. The highest BCUT2D eigenvalue weighted by molar-refractivity contribution is 7.90. The molecule has 40 heavy (non-hydrogen) atoms. The molecule has 1 aromatic heterocycles. The number of carbonyl (C=O) groups is 3. The number of nitrogens with one attached hydrogen (secondary N) is 2. The molecule has 0 aliphatic carbocycles. The van der Waals surface area contributed by atoms with Crippen molar-refractivity contribution >= 4 is 50.0 Å².